The van der Waals surface area contributed by atoms with E-state index in [9.17, 15) is 13.2 Å². The van der Waals surface area contributed by atoms with E-state index >= 15 is 0 Å². The highest BCUT2D eigenvalue weighted by Gasteiger charge is 2.31. The first-order valence-corrected chi connectivity index (χ1v) is 6.43. The Morgan fingerprint density at radius 3 is 2.59 bits per heavy atom. The summed E-state index contributed by atoms with van der Waals surface area (Å²) in [4.78, 5) is 4.21. The maximum absolute atomic E-state index is 12.3. The summed E-state index contributed by atoms with van der Waals surface area (Å²) < 4.78 is 40.9. The number of ether oxygens (including phenoxy) is 1. The van der Waals surface area contributed by atoms with E-state index < -0.39 is 6.36 Å². The molecule has 0 unspecified atom stereocenters. The lowest BCUT2D eigenvalue weighted by Gasteiger charge is -2.13. The molecule has 124 valence electrons. The Balaban J connectivity index is 0.00000441. The van der Waals surface area contributed by atoms with Gasteiger partial charge in [-0.15, -0.1) is 43.7 Å². The van der Waals surface area contributed by atoms with Crippen molar-refractivity contribution in [3.63, 3.8) is 0 Å². The summed E-state index contributed by atoms with van der Waals surface area (Å²) in [6.45, 7) is 6.69. The topological polar surface area (TPSA) is 45.7 Å². The first-order valence-electron chi connectivity index (χ1n) is 6.43. The number of nitrogens with one attached hydrogen (secondary N) is 2. The molecular formula is C14H19F3IN3O. The molecule has 0 radical (unpaired) electrons. The molecule has 0 bridgehead atoms. The Labute approximate surface area is 144 Å². The first kappa shape index (κ1) is 20.6. The third-order valence-corrected chi connectivity index (χ3v) is 2.36. The van der Waals surface area contributed by atoms with Crippen LogP contribution in [0.4, 0.5) is 13.2 Å². The molecule has 0 heterocycles. The molecule has 0 aliphatic heterocycles. The van der Waals surface area contributed by atoms with E-state index in [-0.39, 0.29) is 36.3 Å². The molecule has 0 fully saturated rings. The van der Waals surface area contributed by atoms with Crippen LogP contribution in [-0.4, -0.2) is 25.4 Å². The summed E-state index contributed by atoms with van der Waals surface area (Å²) in [5.74, 6) is 0.257. The van der Waals surface area contributed by atoms with Crippen LogP contribution in [0.2, 0.25) is 0 Å². The largest absolute Gasteiger partial charge is 0.573 e. The number of rotatable bonds is 6. The number of para-hydroxylation sites is 1. The van der Waals surface area contributed by atoms with Crippen molar-refractivity contribution in [1.82, 2.24) is 10.6 Å². The fourth-order valence-corrected chi connectivity index (χ4v) is 1.53. The van der Waals surface area contributed by atoms with Crippen LogP contribution in [-0.2, 0) is 6.54 Å². The average Bonchev–Trinajstić information content (AvgIpc) is 2.41. The van der Waals surface area contributed by atoms with Crippen molar-refractivity contribution < 1.29 is 17.9 Å². The normalized spacial score (nSPS) is 11.4. The van der Waals surface area contributed by atoms with E-state index in [4.69, 9.17) is 0 Å². The molecule has 1 rings (SSSR count). The SMILES string of the molecule is C=CCNC(=NCc1ccccc1OC(F)(F)F)NCC.I. The summed E-state index contributed by atoms with van der Waals surface area (Å²) in [6, 6.07) is 5.93. The third kappa shape index (κ3) is 8.11. The van der Waals surface area contributed by atoms with Crippen LogP contribution in [0.25, 0.3) is 0 Å². The lowest BCUT2D eigenvalue weighted by molar-refractivity contribution is -0.274. The van der Waals surface area contributed by atoms with Crippen LogP contribution < -0.4 is 15.4 Å². The number of guanidine groups is 1. The van der Waals surface area contributed by atoms with Gasteiger partial charge in [-0.1, -0.05) is 24.3 Å². The average molecular weight is 429 g/mol. The van der Waals surface area contributed by atoms with Crippen molar-refractivity contribution >= 4 is 29.9 Å². The minimum Gasteiger partial charge on any atom is -0.405 e. The van der Waals surface area contributed by atoms with Crippen LogP contribution in [0.1, 0.15) is 12.5 Å². The highest BCUT2D eigenvalue weighted by molar-refractivity contribution is 14.0. The van der Waals surface area contributed by atoms with Gasteiger partial charge in [-0.05, 0) is 13.0 Å². The zero-order valence-corrected chi connectivity index (χ0v) is 14.4. The van der Waals surface area contributed by atoms with Gasteiger partial charge in [-0.3, -0.25) is 0 Å². The monoisotopic (exact) mass is 429 g/mol. The molecule has 0 aliphatic rings. The fourth-order valence-electron chi connectivity index (χ4n) is 1.53. The molecule has 1 aromatic carbocycles. The number of benzene rings is 1. The molecule has 0 aromatic heterocycles. The van der Waals surface area contributed by atoms with Gasteiger partial charge in [0.15, 0.2) is 5.96 Å². The van der Waals surface area contributed by atoms with Gasteiger partial charge >= 0.3 is 6.36 Å². The summed E-state index contributed by atoms with van der Waals surface area (Å²) in [6.07, 6.45) is -3.06. The Kier molecular flexibility index (Phi) is 9.63. The summed E-state index contributed by atoms with van der Waals surface area (Å²) in [5.41, 5.74) is 0.352. The zero-order valence-electron chi connectivity index (χ0n) is 12.1. The fraction of sp³-hybridized carbons (Fsp3) is 0.357. The Morgan fingerprint density at radius 1 is 1.32 bits per heavy atom. The van der Waals surface area contributed by atoms with Crippen molar-refractivity contribution in [2.24, 2.45) is 4.99 Å². The molecular weight excluding hydrogens is 410 g/mol. The molecule has 0 atom stereocenters. The smallest absolute Gasteiger partial charge is 0.405 e. The van der Waals surface area contributed by atoms with Gasteiger partial charge in [0, 0.05) is 18.7 Å². The van der Waals surface area contributed by atoms with Gasteiger partial charge in [-0.2, -0.15) is 0 Å². The third-order valence-electron chi connectivity index (χ3n) is 2.36. The van der Waals surface area contributed by atoms with E-state index in [0.717, 1.165) is 0 Å². The molecule has 1 aromatic rings. The Morgan fingerprint density at radius 2 is 2.00 bits per heavy atom. The van der Waals surface area contributed by atoms with Gasteiger partial charge in [0.2, 0.25) is 0 Å². The highest BCUT2D eigenvalue weighted by Crippen LogP contribution is 2.26. The summed E-state index contributed by atoms with van der Waals surface area (Å²) >= 11 is 0. The van der Waals surface area contributed by atoms with Crippen LogP contribution in [0.3, 0.4) is 0 Å². The molecule has 22 heavy (non-hydrogen) atoms. The minimum absolute atomic E-state index is 0. The lowest BCUT2D eigenvalue weighted by atomic mass is 10.2. The Hall–Kier alpha value is -1.45. The van der Waals surface area contributed by atoms with Crippen molar-refractivity contribution in [3.05, 3.63) is 42.5 Å². The van der Waals surface area contributed by atoms with Gasteiger partial charge in [0.25, 0.3) is 0 Å². The molecule has 0 aliphatic carbocycles. The molecule has 2 N–H and O–H groups in total. The quantitative estimate of drug-likeness (QED) is 0.315. The van der Waals surface area contributed by atoms with E-state index in [1.54, 1.807) is 18.2 Å². The predicted octanol–water partition coefficient (Wildman–Crippen LogP) is 3.44. The molecule has 0 saturated carbocycles. The number of hydrogen-bond donors (Lipinski definition) is 2. The molecule has 8 heteroatoms. The second kappa shape index (κ2) is 10.3. The number of hydrogen-bond acceptors (Lipinski definition) is 2. The van der Waals surface area contributed by atoms with Crippen LogP contribution in [0.5, 0.6) is 5.75 Å². The van der Waals surface area contributed by atoms with Crippen LogP contribution in [0, 0.1) is 0 Å². The molecule has 0 saturated heterocycles. The van der Waals surface area contributed by atoms with Crippen molar-refractivity contribution in [3.8, 4) is 5.75 Å². The van der Waals surface area contributed by atoms with Crippen LogP contribution >= 0.6 is 24.0 Å². The van der Waals surface area contributed by atoms with Gasteiger partial charge in [-0.25, -0.2) is 4.99 Å². The van der Waals surface area contributed by atoms with Crippen LogP contribution in [0.15, 0.2) is 41.9 Å². The number of aliphatic imine (C=N–C) groups is 1. The maximum Gasteiger partial charge on any atom is 0.573 e. The van der Waals surface area contributed by atoms with Crippen molar-refractivity contribution in [2.45, 2.75) is 19.8 Å². The van der Waals surface area contributed by atoms with Crippen molar-refractivity contribution in [2.75, 3.05) is 13.1 Å². The highest BCUT2D eigenvalue weighted by atomic mass is 127. The number of nitrogens with zero attached hydrogens (tertiary/aromatic N) is 1. The maximum atomic E-state index is 12.3. The lowest BCUT2D eigenvalue weighted by Crippen LogP contribution is -2.37. The Bertz CT molecular complexity index is 492. The molecule has 0 spiro atoms. The van der Waals surface area contributed by atoms with Gasteiger partial charge in [0.05, 0.1) is 6.54 Å². The second-order valence-electron chi connectivity index (χ2n) is 4.02. The van der Waals surface area contributed by atoms with Crippen molar-refractivity contribution in [1.29, 1.82) is 0 Å². The standard InChI is InChI=1S/C14H18F3N3O.HI/c1-3-9-19-13(18-4-2)20-10-11-7-5-6-8-12(11)21-14(15,16)17;/h3,5-8H,1,4,9-10H2,2H3,(H2,18,19,20);1H. The minimum atomic E-state index is -4.72. The van der Waals surface area contributed by atoms with E-state index in [1.165, 1.54) is 12.1 Å². The van der Waals surface area contributed by atoms with E-state index in [0.29, 0.717) is 24.6 Å². The molecule has 4 nitrogen and oxygen atoms in total. The number of alkyl halides is 3. The van der Waals surface area contributed by atoms with Gasteiger partial charge in [0.1, 0.15) is 5.75 Å². The summed E-state index contributed by atoms with van der Waals surface area (Å²) in [5, 5.41) is 5.95. The van der Waals surface area contributed by atoms with Gasteiger partial charge < -0.3 is 15.4 Å². The first-order chi connectivity index (χ1) is 9.96. The summed E-state index contributed by atoms with van der Waals surface area (Å²) in [7, 11) is 0. The molecule has 0 amide bonds. The van der Waals surface area contributed by atoms with E-state index in [2.05, 4.69) is 26.9 Å². The zero-order chi connectivity index (χ0) is 15.7. The second-order valence-corrected chi connectivity index (χ2v) is 4.02. The van der Waals surface area contributed by atoms with E-state index in [1.807, 2.05) is 6.92 Å². The number of halogens is 4. The predicted molar refractivity (Wildman–Crippen MR) is 91.6 cm³/mol.